The van der Waals surface area contributed by atoms with Crippen molar-refractivity contribution in [3.05, 3.63) is 70.3 Å². The van der Waals surface area contributed by atoms with Gasteiger partial charge in [0.2, 0.25) is 0 Å². The van der Waals surface area contributed by atoms with Gasteiger partial charge >= 0.3 is 18.5 Å². The van der Waals surface area contributed by atoms with Crippen LogP contribution in [0.25, 0.3) is 22.5 Å². The summed E-state index contributed by atoms with van der Waals surface area (Å²) in [6.45, 7) is 4.10. The van der Waals surface area contributed by atoms with Gasteiger partial charge in [-0.05, 0) is 63.3 Å². The third kappa shape index (κ3) is 7.16. The Kier molecular flexibility index (Phi) is 9.20. The van der Waals surface area contributed by atoms with Crippen molar-refractivity contribution in [2.24, 2.45) is 0 Å². The van der Waals surface area contributed by atoms with Crippen LogP contribution in [0.15, 0.2) is 52.4 Å². The fourth-order valence-corrected chi connectivity index (χ4v) is 7.28. The molecule has 1 aliphatic carbocycles. The number of halogens is 6. The minimum Gasteiger partial charge on any atom is -0.478 e. The molecule has 15 heteroatoms. The van der Waals surface area contributed by atoms with E-state index in [1.807, 2.05) is 13.8 Å². The van der Waals surface area contributed by atoms with Crippen molar-refractivity contribution in [3.8, 4) is 28.3 Å². The summed E-state index contributed by atoms with van der Waals surface area (Å²) < 4.78 is 96.7. The largest absolute Gasteiger partial charge is 0.573 e. The van der Waals surface area contributed by atoms with Crippen LogP contribution in [0.5, 0.6) is 5.75 Å². The number of hydrogen-bond acceptors (Lipinski definition) is 8. The molecular formula is C33H31F6N3O5S. The predicted octanol–water partition coefficient (Wildman–Crippen LogP) is 9.31. The molecule has 2 aromatic carbocycles. The zero-order valence-electron chi connectivity index (χ0n) is 25.8. The van der Waals surface area contributed by atoms with Crippen LogP contribution in [0, 0.1) is 0 Å². The van der Waals surface area contributed by atoms with E-state index in [0.717, 1.165) is 31.4 Å². The molecule has 0 spiro atoms. The molecular weight excluding hydrogens is 664 g/mol. The molecule has 1 aliphatic heterocycles. The Morgan fingerprint density at radius 3 is 2.52 bits per heavy atom. The van der Waals surface area contributed by atoms with Gasteiger partial charge in [0, 0.05) is 40.1 Å². The minimum atomic E-state index is -4.88. The summed E-state index contributed by atoms with van der Waals surface area (Å²) in [5.74, 6) is -1.33. The summed E-state index contributed by atoms with van der Waals surface area (Å²) in [5.41, 5.74) is -0.613. The van der Waals surface area contributed by atoms with Crippen molar-refractivity contribution in [3.63, 3.8) is 0 Å². The number of aromatic nitrogens is 2. The summed E-state index contributed by atoms with van der Waals surface area (Å²) >= 11 is 1.29. The second-order valence-electron chi connectivity index (χ2n) is 12.0. The lowest BCUT2D eigenvalue weighted by Gasteiger charge is -2.43. The van der Waals surface area contributed by atoms with Gasteiger partial charge in [0.25, 0.3) is 0 Å². The fraction of sp³-hybridized carbons (Fsp3) is 0.424. The van der Waals surface area contributed by atoms with Gasteiger partial charge in [-0.3, -0.25) is 0 Å². The van der Waals surface area contributed by atoms with Crippen LogP contribution in [0.4, 0.5) is 31.5 Å². The number of anilines is 1. The number of carboxylic acids is 1. The standard InChI is InChI=1S/C33H31F6N3O5S/c1-3-20-14-21(45-15-24-28(41-47-29(24)18-8-9-18)23-6-4-5-7-27(23)46-33(37,38)39)12-17(2)42(20)31-40-26(16-48-31)19-10-11-22(30(43)44)25(13-19)32(34,35)36/h4-7,10-11,13,16-18,20-21H,3,8-9,12,14-15H2,1-2H3,(H,43,44)/t17-,20+,21+/m0/s1. The number of aromatic carboxylic acids is 1. The van der Waals surface area contributed by atoms with E-state index >= 15 is 0 Å². The Morgan fingerprint density at radius 2 is 1.85 bits per heavy atom. The fourth-order valence-electron chi connectivity index (χ4n) is 6.27. The number of rotatable bonds is 10. The predicted molar refractivity (Wildman–Crippen MR) is 164 cm³/mol. The molecule has 0 unspecified atom stereocenters. The summed E-state index contributed by atoms with van der Waals surface area (Å²) in [5, 5.41) is 15.7. The van der Waals surface area contributed by atoms with Crippen LogP contribution in [0.3, 0.4) is 0 Å². The van der Waals surface area contributed by atoms with Crippen molar-refractivity contribution >= 4 is 22.4 Å². The first-order valence-electron chi connectivity index (χ1n) is 15.4. The maximum Gasteiger partial charge on any atom is 0.573 e. The van der Waals surface area contributed by atoms with E-state index in [1.165, 1.54) is 35.6 Å². The summed E-state index contributed by atoms with van der Waals surface area (Å²) in [4.78, 5) is 18.2. The van der Waals surface area contributed by atoms with Crippen LogP contribution in [0.1, 0.15) is 79.1 Å². The van der Waals surface area contributed by atoms with Crippen LogP contribution in [0.2, 0.25) is 0 Å². The van der Waals surface area contributed by atoms with E-state index in [0.29, 0.717) is 35.0 Å². The third-order valence-corrected chi connectivity index (χ3v) is 9.49. The van der Waals surface area contributed by atoms with E-state index in [2.05, 4.69) is 19.8 Å². The highest BCUT2D eigenvalue weighted by molar-refractivity contribution is 7.14. The maximum absolute atomic E-state index is 13.6. The Balaban J connectivity index is 1.20. The quantitative estimate of drug-likeness (QED) is 0.164. The highest BCUT2D eigenvalue weighted by Gasteiger charge is 2.39. The zero-order valence-corrected chi connectivity index (χ0v) is 26.6. The van der Waals surface area contributed by atoms with Gasteiger partial charge < -0.3 is 24.0 Å². The molecule has 6 rings (SSSR count). The molecule has 4 aromatic rings. The lowest BCUT2D eigenvalue weighted by molar-refractivity contribution is -0.274. The van der Waals surface area contributed by atoms with Crippen molar-refractivity contribution in [1.82, 2.24) is 10.1 Å². The average Bonchev–Trinajstić information content (AvgIpc) is 3.59. The van der Waals surface area contributed by atoms with E-state index in [4.69, 9.17) is 9.26 Å². The van der Waals surface area contributed by atoms with Crippen molar-refractivity contribution in [2.45, 2.75) is 89.2 Å². The van der Waals surface area contributed by atoms with E-state index < -0.39 is 29.6 Å². The molecule has 2 fully saturated rings. The number of piperidine rings is 1. The lowest BCUT2D eigenvalue weighted by atomic mass is 9.92. The Labute approximate surface area is 275 Å². The lowest BCUT2D eigenvalue weighted by Crippen LogP contribution is -2.50. The molecule has 3 heterocycles. The molecule has 1 N–H and O–H groups in total. The second kappa shape index (κ2) is 13.1. The molecule has 1 saturated heterocycles. The van der Waals surface area contributed by atoms with E-state index in [1.54, 1.807) is 11.4 Å². The van der Waals surface area contributed by atoms with E-state index in [-0.39, 0.29) is 53.3 Å². The monoisotopic (exact) mass is 695 g/mol. The van der Waals surface area contributed by atoms with Crippen molar-refractivity contribution in [1.29, 1.82) is 0 Å². The van der Waals surface area contributed by atoms with Crippen LogP contribution in [-0.2, 0) is 17.5 Å². The molecule has 3 atom stereocenters. The zero-order chi connectivity index (χ0) is 34.4. The molecule has 1 saturated carbocycles. The van der Waals surface area contributed by atoms with Gasteiger partial charge in [0.05, 0.1) is 29.5 Å². The maximum atomic E-state index is 13.6. The molecule has 2 aliphatic rings. The topological polar surface area (TPSA) is 97.9 Å². The first kappa shape index (κ1) is 33.8. The van der Waals surface area contributed by atoms with Crippen molar-refractivity contribution in [2.75, 3.05) is 4.90 Å². The number of carboxylic acid groups (broad SMARTS) is 1. The van der Waals surface area contributed by atoms with Crippen LogP contribution in [-0.4, -0.2) is 45.8 Å². The number of nitrogens with zero attached hydrogens (tertiary/aromatic N) is 3. The number of hydrogen-bond donors (Lipinski definition) is 1. The molecule has 0 amide bonds. The first-order valence-corrected chi connectivity index (χ1v) is 16.2. The number of para-hydroxylation sites is 1. The average molecular weight is 696 g/mol. The Morgan fingerprint density at radius 1 is 1.10 bits per heavy atom. The molecule has 8 nitrogen and oxygen atoms in total. The molecule has 2 aromatic heterocycles. The van der Waals surface area contributed by atoms with Crippen molar-refractivity contribution < 1.29 is 50.2 Å². The van der Waals surface area contributed by atoms with Gasteiger partial charge in [0.1, 0.15) is 17.2 Å². The highest BCUT2D eigenvalue weighted by atomic mass is 32.1. The van der Waals surface area contributed by atoms with E-state index in [9.17, 15) is 36.2 Å². The Hall–Kier alpha value is -4.11. The molecule has 48 heavy (non-hydrogen) atoms. The van der Waals surface area contributed by atoms with Gasteiger partial charge in [-0.25, -0.2) is 9.78 Å². The second-order valence-corrected chi connectivity index (χ2v) is 12.8. The van der Waals surface area contributed by atoms with Gasteiger partial charge in [-0.2, -0.15) is 13.2 Å². The highest BCUT2D eigenvalue weighted by Crippen LogP contribution is 2.46. The number of alkyl halides is 6. The summed E-state index contributed by atoms with van der Waals surface area (Å²) in [6.07, 6.45) is -6.27. The Bertz CT molecular complexity index is 1780. The molecule has 0 radical (unpaired) electrons. The van der Waals surface area contributed by atoms with Gasteiger partial charge in [0.15, 0.2) is 5.13 Å². The summed E-state index contributed by atoms with van der Waals surface area (Å²) in [7, 11) is 0. The third-order valence-electron chi connectivity index (χ3n) is 8.64. The van der Waals surface area contributed by atoms with Crippen LogP contribution < -0.4 is 9.64 Å². The number of ether oxygens (including phenoxy) is 2. The molecule has 0 bridgehead atoms. The van der Waals surface area contributed by atoms with Gasteiger partial charge in [-0.15, -0.1) is 24.5 Å². The normalized spacial score (nSPS) is 20.2. The minimum absolute atomic E-state index is 0.0244. The number of thiazole rings is 1. The molecule has 256 valence electrons. The smallest absolute Gasteiger partial charge is 0.478 e. The van der Waals surface area contributed by atoms with Crippen LogP contribution >= 0.6 is 11.3 Å². The SMILES string of the molecule is CC[C@@H]1C[C@H](OCc2c(-c3ccccc3OC(F)(F)F)noc2C2CC2)C[C@H](C)N1c1nc(-c2ccc(C(=O)O)c(C(F)(F)F)c2)cs1. The first-order chi connectivity index (χ1) is 22.7. The number of benzene rings is 2. The number of carbonyl (C=O) groups is 1. The summed E-state index contributed by atoms with van der Waals surface area (Å²) in [6, 6.07) is 8.75. The van der Waals surface area contributed by atoms with Gasteiger partial charge in [-0.1, -0.05) is 30.3 Å².